The lowest BCUT2D eigenvalue weighted by molar-refractivity contribution is -0.183. The highest BCUT2D eigenvalue weighted by molar-refractivity contribution is 5.93. The Balaban J connectivity index is 1.64. The number of piperazine rings is 1. The average molecular weight is 369 g/mol. The Morgan fingerprint density at radius 1 is 1.38 bits per heavy atom. The largest absolute Gasteiger partial charge is 0.405 e. The number of nitrogens with one attached hydrogen (secondary N) is 2. The minimum atomic E-state index is -4.44. The fourth-order valence-corrected chi connectivity index (χ4v) is 2.75. The summed E-state index contributed by atoms with van der Waals surface area (Å²) in [4.78, 5) is 17.4. The van der Waals surface area contributed by atoms with Gasteiger partial charge in [0, 0.05) is 56.7 Å². The highest BCUT2D eigenvalue weighted by Crippen LogP contribution is 2.25. The van der Waals surface area contributed by atoms with Gasteiger partial charge in [0.2, 0.25) is 0 Å². The van der Waals surface area contributed by atoms with Gasteiger partial charge in [-0.1, -0.05) is 5.16 Å². The van der Waals surface area contributed by atoms with E-state index in [1.807, 2.05) is 0 Å². The minimum absolute atomic E-state index is 0.0786. The van der Waals surface area contributed by atoms with Gasteiger partial charge in [-0.15, -0.1) is 0 Å². The van der Waals surface area contributed by atoms with E-state index < -0.39 is 24.7 Å². The molecule has 2 aromatic heterocycles. The predicted octanol–water partition coefficient (Wildman–Crippen LogP) is 1.30. The second kappa shape index (κ2) is 7.83. The lowest BCUT2D eigenvalue weighted by Crippen LogP contribution is -2.57. The summed E-state index contributed by atoms with van der Waals surface area (Å²) < 4.78 is 45.1. The van der Waals surface area contributed by atoms with Crippen molar-refractivity contribution in [2.24, 2.45) is 0 Å². The van der Waals surface area contributed by atoms with Gasteiger partial charge in [0.1, 0.15) is 6.04 Å². The molecule has 2 N–H and O–H groups in total. The molecule has 3 rings (SSSR count). The summed E-state index contributed by atoms with van der Waals surface area (Å²) in [6.07, 6.45) is -1.32. The van der Waals surface area contributed by atoms with Gasteiger partial charge >= 0.3 is 6.18 Å². The van der Waals surface area contributed by atoms with Crippen LogP contribution in [0.5, 0.6) is 0 Å². The highest BCUT2D eigenvalue weighted by Gasteiger charge is 2.43. The summed E-state index contributed by atoms with van der Waals surface area (Å²) in [7, 11) is 0. The van der Waals surface area contributed by atoms with Crippen LogP contribution in [0, 0.1) is 0 Å². The number of halogens is 3. The van der Waals surface area contributed by atoms with E-state index in [2.05, 4.69) is 20.8 Å². The van der Waals surface area contributed by atoms with E-state index in [0.717, 1.165) is 0 Å². The number of pyridine rings is 1. The van der Waals surface area contributed by atoms with Gasteiger partial charge in [0.05, 0.1) is 0 Å². The Morgan fingerprint density at radius 2 is 2.15 bits per heavy atom. The molecule has 0 saturated carbocycles. The fraction of sp³-hybridized carbons (Fsp3) is 0.438. The first-order valence-electron chi connectivity index (χ1n) is 8.12. The van der Waals surface area contributed by atoms with E-state index in [0.29, 0.717) is 24.4 Å². The molecule has 1 unspecified atom stereocenters. The quantitative estimate of drug-likeness (QED) is 0.827. The third-order valence-electron chi connectivity index (χ3n) is 4.12. The number of nitrogens with zero attached hydrogens (tertiary/aromatic N) is 3. The Labute approximate surface area is 147 Å². The molecule has 1 fully saturated rings. The van der Waals surface area contributed by atoms with Gasteiger partial charge < -0.3 is 15.2 Å². The van der Waals surface area contributed by atoms with E-state index in [9.17, 15) is 18.0 Å². The van der Waals surface area contributed by atoms with Crippen LogP contribution < -0.4 is 10.6 Å². The Bertz CT molecular complexity index is 729. The number of alkyl halides is 3. The van der Waals surface area contributed by atoms with Crippen LogP contribution in [0.1, 0.15) is 10.5 Å². The van der Waals surface area contributed by atoms with Gasteiger partial charge in [0.25, 0.3) is 5.91 Å². The predicted molar refractivity (Wildman–Crippen MR) is 86.4 cm³/mol. The van der Waals surface area contributed by atoms with Crippen LogP contribution in [0.3, 0.4) is 0 Å². The van der Waals surface area contributed by atoms with Gasteiger partial charge in [-0.3, -0.25) is 14.7 Å². The SMILES string of the molecule is O=C(NCC(N1CCNCC1)C(F)(F)F)c1cc(-c2cccnc2)on1. The standard InChI is InChI=1S/C16H18F3N5O2/c17-16(18,19)14(24-6-4-20-5-7-24)10-22-15(25)12-8-13(26-23-12)11-2-1-3-21-9-11/h1-3,8-9,14,20H,4-7,10H2,(H,22,25). The fourth-order valence-electron chi connectivity index (χ4n) is 2.75. The van der Waals surface area contributed by atoms with Gasteiger partial charge in [-0.25, -0.2) is 0 Å². The van der Waals surface area contributed by atoms with Crippen molar-refractivity contribution in [3.8, 4) is 11.3 Å². The van der Waals surface area contributed by atoms with Gasteiger partial charge in [0.15, 0.2) is 11.5 Å². The molecular formula is C16H18F3N5O2. The van der Waals surface area contributed by atoms with Crippen molar-refractivity contribution in [1.29, 1.82) is 0 Å². The van der Waals surface area contributed by atoms with E-state index >= 15 is 0 Å². The summed E-state index contributed by atoms with van der Waals surface area (Å²) in [5.41, 5.74) is 0.540. The number of rotatable bonds is 5. The number of hydrogen-bond acceptors (Lipinski definition) is 6. The smallest absolute Gasteiger partial charge is 0.355 e. The summed E-state index contributed by atoms with van der Waals surface area (Å²) in [6, 6.07) is 3.05. The van der Waals surface area contributed by atoms with Crippen LogP contribution >= 0.6 is 0 Å². The zero-order valence-corrected chi connectivity index (χ0v) is 13.8. The van der Waals surface area contributed by atoms with Crippen LogP contribution in [-0.2, 0) is 0 Å². The lowest BCUT2D eigenvalue weighted by Gasteiger charge is -2.35. The molecule has 0 aromatic carbocycles. The number of amides is 1. The minimum Gasteiger partial charge on any atom is -0.355 e. The summed E-state index contributed by atoms with van der Waals surface area (Å²) in [6.45, 7) is 0.971. The van der Waals surface area contributed by atoms with Crippen molar-refractivity contribution in [3.05, 3.63) is 36.3 Å². The van der Waals surface area contributed by atoms with Crippen molar-refractivity contribution in [2.45, 2.75) is 12.2 Å². The first kappa shape index (κ1) is 18.3. The van der Waals surface area contributed by atoms with Crippen molar-refractivity contribution in [3.63, 3.8) is 0 Å². The Kier molecular flexibility index (Phi) is 5.52. The molecule has 10 heteroatoms. The molecule has 7 nitrogen and oxygen atoms in total. The third-order valence-corrected chi connectivity index (χ3v) is 4.12. The zero-order chi connectivity index (χ0) is 18.6. The maximum absolute atomic E-state index is 13.3. The van der Waals surface area contributed by atoms with Crippen LogP contribution in [0.25, 0.3) is 11.3 Å². The van der Waals surface area contributed by atoms with Crippen molar-refractivity contribution >= 4 is 5.91 Å². The Hall–Kier alpha value is -2.46. The van der Waals surface area contributed by atoms with Crippen LogP contribution in [-0.4, -0.2) is 65.9 Å². The summed E-state index contributed by atoms with van der Waals surface area (Å²) >= 11 is 0. The van der Waals surface area contributed by atoms with Gasteiger partial charge in [-0.05, 0) is 12.1 Å². The molecule has 1 atom stereocenters. The van der Waals surface area contributed by atoms with Crippen LogP contribution in [0.15, 0.2) is 35.1 Å². The maximum Gasteiger partial charge on any atom is 0.405 e. The zero-order valence-electron chi connectivity index (χ0n) is 13.8. The molecule has 3 heterocycles. The third kappa shape index (κ3) is 4.38. The first-order chi connectivity index (χ1) is 12.4. The number of carbonyl (C=O) groups is 1. The molecule has 1 saturated heterocycles. The molecule has 0 radical (unpaired) electrons. The molecule has 140 valence electrons. The molecule has 0 aliphatic carbocycles. The van der Waals surface area contributed by atoms with Crippen LogP contribution in [0.4, 0.5) is 13.2 Å². The molecule has 26 heavy (non-hydrogen) atoms. The molecule has 2 aromatic rings. The molecule has 1 amide bonds. The molecular weight excluding hydrogens is 351 g/mol. The van der Waals surface area contributed by atoms with E-state index in [-0.39, 0.29) is 18.8 Å². The second-order valence-corrected chi connectivity index (χ2v) is 5.87. The van der Waals surface area contributed by atoms with Crippen molar-refractivity contribution in [2.75, 3.05) is 32.7 Å². The summed E-state index contributed by atoms with van der Waals surface area (Å²) in [5.74, 6) is -0.397. The molecule has 0 spiro atoms. The summed E-state index contributed by atoms with van der Waals surface area (Å²) in [5, 5.41) is 8.94. The second-order valence-electron chi connectivity index (χ2n) is 5.87. The first-order valence-corrected chi connectivity index (χ1v) is 8.12. The lowest BCUT2D eigenvalue weighted by atomic mass is 10.2. The van der Waals surface area contributed by atoms with Crippen molar-refractivity contribution < 1.29 is 22.5 Å². The van der Waals surface area contributed by atoms with E-state index in [1.54, 1.807) is 18.3 Å². The number of hydrogen-bond donors (Lipinski definition) is 2. The number of aromatic nitrogens is 2. The van der Waals surface area contributed by atoms with Crippen LogP contribution in [0.2, 0.25) is 0 Å². The highest BCUT2D eigenvalue weighted by atomic mass is 19.4. The maximum atomic E-state index is 13.3. The van der Waals surface area contributed by atoms with Crippen molar-refractivity contribution in [1.82, 2.24) is 25.7 Å². The average Bonchev–Trinajstić information content (AvgIpc) is 3.12. The normalized spacial score (nSPS) is 17.0. The monoisotopic (exact) mass is 369 g/mol. The topological polar surface area (TPSA) is 83.3 Å². The van der Waals surface area contributed by atoms with E-state index in [4.69, 9.17) is 4.52 Å². The molecule has 1 aliphatic heterocycles. The van der Waals surface area contributed by atoms with E-state index in [1.165, 1.54) is 17.2 Å². The van der Waals surface area contributed by atoms with Gasteiger partial charge in [-0.2, -0.15) is 13.2 Å². The molecule has 1 aliphatic rings. The Morgan fingerprint density at radius 3 is 2.81 bits per heavy atom. The molecule has 0 bridgehead atoms. The number of carbonyl (C=O) groups excluding carboxylic acids is 1.